The van der Waals surface area contributed by atoms with E-state index in [9.17, 15) is 15.0 Å². The lowest BCUT2D eigenvalue weighted by molar-refractivity contribution is -0.123. The van der Waals surface area contributed by atoms with Gasteiger partial charge in [-0.1, -0.05) is 199 Å². The van der Waals surface area contributed by atoms with Gasteiger partial charge < -0.3 is 15.5 Å². The minimum Gasteiger partial charge on any atom is -0.394 e. The van der Waals surface area contributed by atoms with Crippen LogP contribution >= 0.6 is 0 Å². The van der Waals surface area contributed by atoms with Crippen LogP contribution in [-0.4, -0.2) is 34.9 Å². The molecule has 0 saturated heterocycles. The third-order valence-electron chi connectivity index (χ3n) is 9.68. The number of amides is 1. The molecule has 0 fully saturated rings. The number of aliphatic hydroxyl groups is 2. The fourth-order valence-electron chi connectivity index (χ4n) is 6.41. The van der Waals surface area contributed by atoms with Gasteiger partial charge in [0.25, 0.3) is 0 Å². The highest BCUT2D eigenvalue weighted by atomic mass is 16.3. The van der Waals surface area contributed by atoms with Gasteiger partial charge in [0.1, 0.15) is 0 Å². The summed E-state index contributed by atoms with van der Waals surface area (Å²) in [6.07, 6.45) is 49.9. The number of unbranched alkanes of at least 4 members (excludes halogenated alkanes) is 29. The van der Waals surface area contributed by atoms with E-state index in [1.54, 1.807) is 6.08 Å². The Hall–Kier alpha value is -1.13. The lowest BCUT2D eigenvalue weighted by atomic mass is 10.0. The van der Waals surface area contributed by atoms with E-state index in [1.165, 1.54) is 180 Å². The maximum Gasteiger partial charge on any atom is 0.220 e. The van der Waals surface area contributed by atoms with E-state index < -0.39 is 12.1 Å². The molecule has 0 aromatic rings. The molecule has 0 rings (SSSR count). The van der Waals surface area contributed by atoms with E-state index in [2.05, 4.69) is 31.3 Å². The molecule has 0 aliphatic heterocycles. The van der Waals surface area contributed by atoms with Crippen molar-refractivity contribution in [3.63, 3.8) is 0 Å². The van der Waals surface area contributed by atoms with Gasteiger partial charge in [0.15, 0.2) is 0 Å². The van der Waals surface area contributed by atoms with Crippen LogP contribution in [0.25, 0.3) is 0 Å². The van der Waals surface area contributed by atoms with Gasteiger partial charge in [-0.3, -0.25) is 4.79 Å². The number of allylic oxidation sites excluding steroid dienone is 3. The Morgan fingerprint density at radius 3 is 1.17 bits per heavy atom. The zero-order chi connectivity index (χ0) is 34.3. The first-order chi connectivity index (χ1) is 23.2. The number of hydrogen-bond acceptors (Lipinski definition) is 3. The monoisotopic (exact) mass is 662 g/mol. The van der Waals surface area contributed by atoms with Gasteiger partial charge in [-0.2, -0.15) is 0 Å². The van der Waals surface area contributed by atoms with E-state index in [0.29, 0.717) is 6.42 Å². The van der Waals surface area contributed by atoms with Gasteiger partial charge in [0, 0.05) is 6.42 Å². The molecule has 0 bridgehead atoms. The molecular weight excluding hydrogens is 578 g/mol. The smallest absolute Gasteiger partial charge is 0.220 e. The van der Waals surface area contributed by atoms with Crippen LogP contribution < -0.4 is 5.32 Å². The zero-order valence-electron chi connectivity index (χ0n) is 31.8. The topological polar surface area (TPSA) is 69.6 Å². The molecule has 2 unspecified atom stereocenters. The number of carbonyl (C=O) groups excluding carboxylic acids is 1. The summed E-state index contributed by atoms with van der Waals surface area (Å²) in [6, 6.07) is -0.621. The Morgan fingerprint density at radius 2 is 0.809 bits per heavy atom. The van der Waals surface area contributed by atoms with E-state index in [4.69, 9.17) is 0 Å². The molecule has 0 aliphatic carbocycles. The molecule has 1 amide bonds. The molecule has 278 valence electrons. The third-order valence-corrected chi connectivity index (χ3v) is 9.68. The maximum atomic E-state index is 12.4. The predicted octanol–water partition coefficient (Wildman–Crippen LogP) is 12.8. The van der Waals surface area contributed by atoms with Crippen molar-refractivity contribution in [1.82, 2.24) is 5.32 Å². The first-order valence-electron chi connectivity index (χ1n) is 21.1. The van der Waals surface area contributed by atoms with Crippen molar-refractivity contribution < 1.29 is 15.0 Å². The van der Waals surface area contributed by atoms with Gasteiger partial charge in [0.2, 0.25) is 5.91 Å². The standard InChI is InChI=1S/C43H83NO3/c1-3-5-7-9-11-13-15-17-19-21-23-24-26-28-30-32-34-36-38-42(46)41(40-45)44-43(47)39-37-35-33-31-29-27-25-22-20-18-16-14-12-10-8-6-4-2/h18,20,36,38,41-42,45-46H,3-17,19,21-35,37,39-40H2,1-2H3,(H,44,47)/b20-18-,38-36+. The fourth-order valence-corrected chi connectivity index (χ4v) is 6.41. The van der Waals surface area contributed by atoms with Crippen molar-refractivity contribution in [2.45, 2.75) is 238 Å². The molecule has 4 nitrogen and oxygen atoms in total. The molecule has 2 atom stereocenters. The van der Waals surface area contributed by atoms with Crippen molar-refractivity contribution in [3.05, 3.63) is 24.3 Å². The highest BCUT2D eigenvalue weighted by Crippen LogP contribution is 2.15. The van der Waals surface area contributed by atoms with Gasteiger partial charge in [-0.15, -0.1) is 0 Å². The molecule has 0 aromatic carbocycles. The summed E-state index contributed by atoms with van der Waals surface area (Å²) in [6.45, 7) is 4.31. The summed E-state index contributed by atoms with van der Waals surface area (Å²) < 4.78 is 0. The van der Waals surface area contributed by atoms with Crippen molar-refractivity contribution in [3.8, 4) is 0 Å². The molecule has 4 heteroatoms. The highest BCUT2D eigenvalue weighted by molar-refractivity contribution is 5.76. The summed E-state index contributed by atoms with van der Waals surface area (Å²) in [7, 11) is 0. The van der Waals surface area contributed by atoms with E-state index in [0.717, 1.165) is 25.7 Å². The van der Waals surface area contributed by atoms with Crippen LogP contribution in [0.3, 0.4) is 0 Å². The summed E-state index contributed by atoms with van der Waals surface area (Å²) in [5, 5.41) is 23.0. The van der Waals surface area contributed by atoms with E-state index in [-0.39, 0.29) is 12.5 Å². The quantitative estimate of drug-likeness (QED) is 0.0455. The average molecular weight is 662 g/mol. The predicted molar refractivity (Wildman–Crippen MR) is 207 cm³/mol. The van der Waals surface area contributed by atoms with E-state index in [1.807, 2.05) is 6.08 Å². The maximum absolute atomic E-state index is 12.4. The molecule has 0 heterocycles. The van der Waals surface area contributed by atoms with Crippen molar-refractivity contribution in [1.29, 1.82) is 0 Å². The third kappa shape index (κ3) is 36.0. The largest absolute Gasteiger partial charge is 0.394 e. The first-order valence-corrected chi connectivity index (χ1v) is 21.1. The lowest BCUT2D eigenvalue weighted by Crippen LogP contribution is -2.45. The van der Waals surface area contributed by atoms with Gasteiger partial charge in [-0.05, 0) is 44.9 Å². The summed E-state index contributed by atoms with van der Waals surface area (Å²) in [5.74, 6) is -0.0675. The number of hydrogen-bond donors (Lipinski definition) is 3. The fraction of sp³-hybridized carbons (Fsp3) is 0.884. The highest BCUT2D eigenvalue weighted by Gasteiger charge is 2.17. The molecule has 0 saturated carbocycles. The second kappa shape index (κ2) is 39.3. The SMILES string of the molecule is CCCCCCCC/C=C\CCCCCCCCCC(=O)NC(CO)C(O)/C=C/CCCCCCCCCCCCCCCCCC. The Labute approximate surface area is 294 Å². The van der Waals surface area contributed by atoms with Crippen LogP contribution in [0.1, 0.15) is 226 Å². The molecule has 3 N–H and O–H groups in total. The minimum absolute atomic E-state index is 0.0675. The summed E-state index contributed by atoms with van der Waals surface area (Å²) >= 11 is 0. The molecule has 0 radical (unpaired) electrons. The lowest BCUT2D eigenvalue weighted by Gasteiger charge is -2.20. The Bertz CT molecular complexity index is 676. The molecule has 47 heavy (non-hydrogen) atoms. The van der Waals surface area contributed by atoms with Crippen LogP contribution in [0.4, 0.5) is 0 Å². The number of aliphatic hydroxyl groups excluding tert-OH is 2. The van der Waals surface area contributed by atoms with Crippen LogP contribution in [-0.2, 0) is 4.79 Å². The second-order valence-electron chi connectivity index (χ2n) is 14.4. The summed E-state index contributed by atoms with van der Waals surface area (Å²) in [5.41, 5.74) is 0. The second-order valence-corrected chi connectivity index (χ2v) is 14.4. The zero-order valence-corrected chi connectivity index (χ0v) is 31.8. The molecular formula is C43H83NO3. The van der Waals surface area contributed by atoms with Crippen LogP contribution in [0.15, 0.2) is 24.3 Å². The Morgan fingerprint density at radius 1 is 0.489 bits per heavy atom. The van der Waals surface area contributed by atoms with Crippen LogP contribution in [0.5, 0.6) is 0 Å². The number of carbonyl (C=O) groups is 1. The van der Waals surface area contributed by atoms with Gasteiger partial charge >= 0.3 is 0 Å². The Kier molecular flexibility index (Phi) is 38.4. The van der Waals surface area contributed by atoms with Crippen molar-refractivity contribution in [2.24, 2.45) is 0 Å². The Balaban J connectivity index is 3.58. The van der Waals surface area contributed by atoms with E-state index >= 15 is 0 Å². The molecule has 0 aliphatic rings. The van der Waals surface area contributed by atoms with Crippen molar-refractivity contribution >= 4 is 5.91 Å². The molecule has 0 aromatic heterocycles. The summed E-state index contributed by atoms with van der Waals surface area (Å²) in [4.78, 5) is 12.4. The number of nitrogens with one attached hydrogen (secondary N) is 1. The normalized spacial score (nSPS) is 13.2. The van der Waals surface area contributed by atoms with Crippen LogP contribution in [0.2, 0.25) is 0 Å². The molecule has 0 spiro atoms. The minimum atomic E-state index is -0.838. The first kappa shape index (κ1) is 45.9. The van der Waals surface area contributed by atoms with Gasteiger partial charge in [-0.25, -0.2) is 0 Å². The number of rotatable bonds is 38. The van der Waals surface area contributed by atoms with Crippen LogP contribution in [0, 0.1) is 0 Å². The van der Waals surface area contributed by atoms with Crippen molar-refractivity contribution in [2.75, 3.05) is 6.61 Å². The average Bonchev–Trinajstić information content (AvgIpc) is 3.07. The van der Waals surface area contributed by atoms with Gasteiger partial charge in [0.05, 0.1) is 18.8 Å².